The van der Waals surface area contributed by atoms with E-state index in [4.69, 9.17) is 23.2 Å². The average Bonchev–Trinajstić information content (AvgIpc) is 2.76. The third-order valence-corrected chi connectivity index (χ3v) is 5.87. The maximum Gasteiger partial charge on any atom is 0.256 e. The van der Waals surface area contributed by atoms with Gasteiger partial charge in [-0.1, -0.05) is 68.2 Å². The minimum absolute atomic E-state index is 0.0723. The smallest absolute Gasteiger partial charge is 0.256 e. The Morgan fingerprint density at radius 1 is 1.00 bits per heavy atom. The van der Waals surface area contributed by atoms with E-state index < -0.39 is 0 Å². The van der Waals surface area contributed by atoms with E-state index in [1.807, 2.05) is 23.1 Å². The molecule has 1 heterocycles. The molecule has 4 nitrogen and oxygen atoms in total. The van der Waals surface area contributed by atoms with Crippen molar-refractivity contribution in [1.82, 2.24) is 9.88 Å². The fraction of sp³-hybridized carbons (Fsp3) is 0.308. The summed E-state index contributed by atoms with van der Waals surface area (Å²) in [5, 5.41) is 4.08. The van der Waals surface area contributed by atoms with Crippen molar-refractivity contribution in [3.63, 3.8) is 0 Å². The van der Waals surface area contributed by atoms with Crippen molar-refractivity contribution in [3.8, 4) is 0 Å². The zero-order valence-corrected chi connectivity index (χ0v) is 20.5. The topological polar surface area (TPSA) is 45.2 Å². The van der Waals surface area contributed by atoms with Gasteiger partial charge in [0.2, 0.25) is 0 Å². The summed E-state index contributed by atoms with van der Waals surface area (Å²) in [5.41, 5.74) is 4.76. The van der Waals surface area contributed by atoms with Crippen LogP contribution in [0.1, 0.15) is 47.8 Å². The van der Waals surface area contributed by atoms with Gasteiger partial charge in [-0.15, -0.1) is 0 Å². The molecule has 0 unspecified atom stereocenters. The Bertz CT molecular complexity index is 1080. The summed E-state index contributed by atoms with van der Waals surface area (Å²) in [4.78, 5) is 19.5. The highest BCUT2D eigenvalue weighted by atomic mass is 35.5. The number of rotatable bonds is 7. The SMILES string of the molecule is CNc1ccc(Cl)cc1C(=O)N(CCc1ccnc(Cl)c1)Cc1ccc(C(C)(C)C)cc1. The first-order valence-corrected chi connectivity index (χ1v) is 11.4. The van der Waals surface area contributed by atoms with Crippen LogP contribution in [0.3, 0.4) is 0 Å². The number of pyridine rings is 1. The van der Waals surface area contributed by atoms with Crippen molar-refractivity contribution >= 4 is 34.8 Å². The van der Waals surface area contributed by atoms with Gasteiger partial charge in [-0.3, -0.25) is 4.79 Å². The van der Waals surface area contributed by atoms with E-state index >= 15 is 0 Å². The average molecular weight is 470 g/mol. The van der Waals surface area contributed by atoms with Crippen LogP contribution in [0.4, 0.5) is 5.69 Å². The molecular formula is C26H29Cl2N3O. The molecule has 0 radical (unpaired) electrons. The molecule has 0 saturated carbocycles. The zero-order chi connectivity index (χ0) is 23.3. The second-order valence-corrected chi connectivity index (χ2v) is 9.67. The van der Waals surface area contributed by atoms with Gasteiger partial charge in [-0.05, 0) is 58.9 Å². The Balaban J connectivity index is 1.88. The number of hydrogen-bond donors (Lipinski definition) is 1. The summed E-state index contributed by atoms with van der Waals surface area (Å²) < 4.78 is 0. The van der Waals surface area contributed by atoms with E-state index in [1.54, 1.807) is 25.4 Å². The van der Waals surface area contributed by atoms with E-state index in [9.17, 15) is 4.79 Å². The second-order valence-electron chi connectivity index (χ2n) is 8.85. The molecule has 1 amide bonds. The summed E-state index contributed by atoms with van der Waals surface area (Å²) in [7, 11) is 1.80. The van der Waals surface area contributed by atoms with E-state index in [1.165, 1.54) is 5.56 Å². The van der Waals surface area contributed by atoms with Crippen LogP contribution in [0.2, 0.25) is 10.2 Å². The molecule has 3 rings (SSSR count). The molecule has 0 bridgehead atoms. The van der Waals surface area contributed by atoms with Crippen LogP contribution in [-0.2, 0) is 18.4 Å². The molecule has 0 saturated heterocycles. The van der Waals surface area contributed by atoms with Crippen LogP contribution >= 0.6 is 23.2 Å². The molecular weight excluding hydrogens is 441 g/mol. The van der Waals surface area contributed by atoms with Crippen molar-refractivity contribution in [2.45, 2.75) is 39.2 Å². The fourth-order valence-electron chi connectivity index (χ4n) is 3.53. The van der Waals surface area contributed by atoms with Crippen LogP contribution in [0.25, 0.3) is 0 Å². The van der Waals surface area contributed by atoms with Gasteiger partial charge in [-0.25, -0.2) is 4.98 Å². The third kappa shape index (κ3) is 6.24. The molecule has 0 aliphatic heterocycles. The lowest BCUT2D eigenvalue weighted by molar-refractivity contribution is 0.0746. The van der Waals surface area contributed by atoms with E-state index in [-0.39, 0.29) is 11.3 Å². The summed E-state index contributed by atoms with van der Waals surface area (Å²) in [6, 6.07) is 17.5. The molecule has 168 valence electrons. The van der Waals surface area contributed by atoms with Gasteiger partial charge in [0, 0.05) is 37.0 Å². The number of hydrogen-bond acceptors (Lipinski definition) is 3. The Morgan fingerprint density at radius 2 is 1.72 bits per heavy atom. The number of carbonyl (C=O) groups excluding carboxylic acids is 1. The van der Waals surface area contributed by atoms with Crippen molar-refractivity contribution in [2.24, 2.45) is 0 Å². The minimum atomic E-state index is -0.0723. The van der Waals surface area contributed by atoms with Crippen LogP contribution in [0.5, 0.6) is 0 Å². The van der Waals surface area contributed by atoms with Gasteiger partial charge in [-0.2, -0.15) is 0 Å². The minimum Gasteiger partial charge on any atom is -0.387 e. The lowest BCUT2D eigenvalue weighted by Gasteiger charge is -2.25. The molecule has 3 aromatic rings. The lowest BCUT2D eigenvalue weighted by atomic mass is 9.87. The normalized spacial score (nSPS) is 11.3. The Hall–Kier alpha value is -2.56. The van der Waals surface area contributed by atoms with Crippen LogP contribution < -0.4 is 5.32 Å². The molecule has 0 spiro atoms. The molecule has 0 atom stereocenters. The molecule has 6 heteroatoms. The maximum atomic E-state index is 13.6. The first-order chi connectivity index (χ1) is 15.2. The van der Waals surface area contributed by atoms with E-state index in [2.05, 4.69) is 55.3 Å². The number of benzene rings is 2. The number of nitrogens with one attached hydrogen (secondary N) is 1. The van der Waals surface area contributed by atoms with Crippen LogP contribution in [0.15, 0.2) is 60.8 Å². The number of nitrogens with zero attached hydrogens (tertiary/aromatic N) is 2. The Labute approximate surface area is 200 Å². The first-order valence-electron chi connectivity index (χ1n) is 10.6. The van der Waals surface area contributed by atoms with Gasteiger partial charge < -0.3 is 10.2 Å². The van der Waals surface area contributed by atoms with Gasteiger partial charge in [0.15, 0.2) is 0 Å². The van der Waals surface area contributed by atoms with Gasteiger partial charge in [0.05, 0.1) is 5.56 Å². The number of aromatic nitrogens is 1. The highest BCUT2D eigenvalue weighted by molar-refractivity contribution is 6.31. The molecule has 0 fully saturated rings. The van der Waals surface area contributed by atoms with Crippen molar-refractivity contribution < 1.29 is 4.79 Å². The van der Waals surface area contributed by atoms with Crippen molar-refractivity contribution in [3.05, 3.63) is 93.2 Å². The number of halogens is 2. The largest absolute Gasteiger partial charge is 0.387 e. The number of carbonyl (C=O) groups is 1. The van der Waals surface area contributed by atoms with E-state index in [0.29, 0.717) is 35.2 Å². The van der Waals surface area contributed by atoms with Crippen LogP contribution in [0, 0.1) is 0 Å². The molecule has 32 heavy (non-hydrogen) atoms. The van der Waals surface area contributed by atoms with Crippen molar-refractivity contribution in [1.29, 1.82) is 0 Å². The Morgan fingerprint density at radius 3 is 2.34 bits per heavy atom. The second kappa shape index (κ2) is 10.4. The highest BCUT2D eigenvalue weighted by Gasteiger charge is 2.20. The first kappa shape index (κ1) is 24.1. The van der Waals surface area contributed by atoms with Gasteiger partial charge in [0.1, 0.15) is 5.15 Å². The molecule has 0 aliphatic carbocycles. The molecule has 1 aromatic heterocycles. The van der Waals surface area contributed by atoms with Gasteiger partial charge >= 0.3 is 0 Å². The Kier molecular flexibility index (Phi) is 7.81. The van der Waals surface area contributed by atoms with E-state index in [0.717, 1.165) is 16.8 Å². The van der Waals surface area contributed by atoms with Gasteiger partial charge in [0.25, 0.3) is 5.91 Å². The fourth-order valence-corrected chi connectivity index (χ4v) is 3.90. The van der Waals surface area contributed by atoms with Crippen molar-refractivity contribution in [2.75, 3.05) is 18.9 Å². The maximum absolute atomic E-state index is 13.6. The van der Waals surface area contributed by atoms with Crippen LogP contribution in [-0.4, -0.2) is 29.4 Å². The standard InChI is InChI=1S/C26H29Cl2N3O/c1-26(2,3)20-7-5-19(6-8-20)17-31(14-12-18-11-13-30-24(28)15-18)25(32)22-16-21(27)9-10-23(22)29-4/h5-11,13,15-16,29H,12,14,17H2,1-4H3. The number of amides is 1. The monoisotopic (exact) mass is 469 g/mol. The highest BCUT2D eigenvalue weighted by Crippen LogP contribution is 2.25. The third-order valence-electron chi connectivity index (χ3n) is 5.42. The summed E-state index contributed by atoms with van der Waals surface area (Å²) >= 11 is 12.3. The molecule has 1 N–H and O–H groups in total. The predicted molar refractivity (Wildman–Crippen MR) is 134 cm³/mol. The molecule has 0 aliphatic rings. The predicted octanol–water partition coefficient (Wildman–Crippen LogP) is 6.61. The zero-order valence-electron chi connectivity index (χ0n) is 19.0. The lowest BCUT2D eigenvalue weighted by Crippen LogP contribution is -2.33. The summed E-state index contributed by atoms with van der Waals surface area (Å²) in [6.45, 7) is 7.61. The number of anilines is 1. The summed E-state index contributed by atoms with van der Waals surface area (Å²) in [6.07, 6.45) is 2.36. The summed E-state index contributed by atoms with van der Waals surface area (Å²) in [5.74, 6) is -0.0723. The quantitative estimate of drug-likeness (QED) is 0.395. The molecule has 2 aromatic carbocycles.